The van der Waals surface area contributed by atoms with Crippen LogP contribution in [0.3, 0.4) is 0 Å². The number of phenols is 1. The summed E-state index contributed by atoms with van der Waals surface area (Å²) in [5, 5.41) is 9.84. The van der Waals surface area contributed by atoms with Crippen molar-refractivity contribution in [2.24, 2.45) is 5.92 Å². The van der Waals surface area contributed by atoms with Crippen LogP contribution >= 0.6 is 0 Å². The van der Waals surface area contributed by atoms with Gasteiger partial charge in [-0.2, -0.15) is 0 Å². The van der Waals surface area contributed by atoms with E-state index in [-0.39, 0.29) is 35.7 Å². The predicted octanol–water partition coefficient (Wildman–Crippen LogP) is 2.05. The zero-order valence-corrected chi connectivity index (χ0v) is 13.7. The Labute approximate surface area is 141 Å². The molecule has 0 bridgehead atoms. The van der Waals surface area contributed by atoms with E-state index in [1.54, 1.807) is 17.0 Å². The number of hydrogen-bond acceptors (Lipinski definition) is 4. The van der Waals surface area contributed by atoms with Crippen LogP contribution in [0.4, 0.5) is 0 Å². The van der Waals surface area contributed by atoms with Crippen LogP contribution in [0.25, 0.3) is 0 Å². The number of hydrazine groups is 1. The SMILES string of the molecule is Cc1ccc(C2NNC3C(=O)N(C)C(c4cccc(O)c4)C32)cc1. The molecule has 5 nitrogen and oxygen atoms in total. The Balaban J connectivity index is 1.75. The van der Waals surface area contributed by atoms with Crippen molar-refractivity contribution in [3.63, 3.8) is 0 Å². The number of likely N-dealkylation sites (tertiary alicyclic amines) is 1. The van der Waals surface area contributed by atoms with Gasteiger partial charge >= 0.3 is 0 Å². The summed E-state index contributed by atoms with van der Waals surface area (Å²) in [6, 6.07) is 15.3. The first-order valence-electron chi connectivity index (χ1n) is 8.19. The summed E-state index contributed by atoms with van der Waals surface area (Å²) in [5.74, 6) is 0.366. The molecule has 0 radical (unpaired) electrons. The van der Waals surface area contributed by atoms with Crippen LogP contribution in [0.2, 0.25) is 0 Å². The number of aromatic hydroxyl groups is 1. The lowest BCUT2D eigenvalue weighted by Crippen LogP contribution is -2.39. The van der Waals surface area contributed by atoms with Crippen LogP contribution in [0.1, 0.15) is 28.8 Å². The molecule has 24 heavy (non-hydrogen) atoms. The summed E-state index contributed by atoms with van der Waals surface area (Å²) in [6.45, 7) is 2.06. The van der Waals surface area contributed by atoms with E-state index in [1.165, 1.54) is 5.56 Å². The number of fused-ring (bicyclic) bond motifs is 1. The van der Waals surface area contributed by atoms with E-state index in [1.807, 2.05) is 19.2 Å². The third kappa shape index (κ3) is 2.28. The first-order chi connectivity index (χ1) is 11.6. The lowest BCUT2D eigenvalue weighted by Gasteiger charge is -2.28. The quantitative estimate of drug-likeness (QED) is 0.791. The number of carbonyl (C=O) groups excluding carboxylic acids is 1. The molecular weight excluding hydrogens is 302 g/mol. The zero-order valence-electron chi connectivity index (χ0n) is 13.7. The van der Waals surface area contributed by atoms with Gasteiger partial charge in [0.05, 0.1) is 12.1 Å². The van der Waals surface area contributed by atoms with Crippen molar-refractivity contribution in [3.8, 4) is 5.75 Å². The molecule has 1 amide bonds. The summed E-state index contributed by atoms with van der Waals surface area (Å²) in [6.07, 6.45) is 0. The Hall–Kier alpha value is -2.37. The first-order valence-corrected chi connectivity index (χ1v) is 8.19. The van der Waals surface area contributed by atoms with Crippen LogP contribution in [0.15, 0.2) is 48.5 Å². The van der Waals surface area contributed by atoms with Crippen LogP contribution < -0.4 is 10.9 Å². The predicted molar refractivity (Wildman–Crippen MR) is 91.1 cm³/mol. The van der Waals surface area contributed by atoms with Crippen molar-refractivity contribution in [2.45, 2.75) is 25.0 Å². The highest BCUT2D eigenvalue weighted by Crippen LogP contribution is 2.46. The maximum atomic E-state index is 12.6. The van der Waals surface area contributed by atoms with E-state index in [2.05, 4.69) is 42.0 Å². The number of aryl methyl sites for hydroxylation is 1. The monoisotopic (exact) mass is 323 g/mol. The van der Waals surface area contributed by atoms with Crippen molar-refractivity contribution in [3.05, 3.63) is 65.2 Å². The van der Waals surface area contributed by atoms with Gasteiger partial charge in [0.1, 0.15) is 11.8 Å². The number of nitrogens with zero attached hydrogens (tertiary/aromatic N) is 1. The average molecular weight is 323 g/mol. The molecule has 2 aromatic rings. The third-order valence-corrected chi connectivity index (χ3v) is 5.21. The fourth-order valence-electron chi connectivity index (χ4n) is 4.00. The topological polar surface area (TPSA) is 64.6 Å². The minimum Gasteiger partial charge on any atom is -0.508 e. The molecule has 2 heterocycles. The fourth-order valence-corrected chi connectivity index (χ4v) is 4.00. The summed E-state index contributed by atoms with van der Waals surface area (Å²) in [4.78, 5) is 14.4. The van der Waals surface area contributed by atoms with E-state index in [4.69, 9.17) is 0 Å². The molecule has 0 saturated carbocycles. The van der Waals surface area contributed by atoms with Gasteiger partial charge in [-0.3, -0.25) is 4.79 Å². The van der Waals surface area contributed by atoms with Gasteiger partial charge in [0, 0.05) is 13.0 Å². The second-order valence-corrected chi connectivity index (χ2v) is 6.72. The van der Waals surface area contributed by atoms with Gasteiger partial charge < -0.3 is 10.0 Å². The van der Waals surface area contributed by atoms with Crippen LogP contribution in [-0.2, 0) is 4.79 Å². The van der Waals surface area contributed by atoms with E-state index in [9.17, 15) is 9.90 Å². The van der Waals surface area contributed by atoms with Crippen LogP contribution in [0.5, 0.6) is 5.75 Å². The van der Waals surface area contributed by atoms with Crippen LogP contribution in [0, 0.1) is 12.8 Å². The number of hydrogen-bond donors (Lipinski definition) is 3. The second kappa shape index (κ2) is 5.61. The molecule has 2 saturated heterocycles. The van der Waals surface area contributed by atoms with Crippen molar-refractivity contribution in [2.75, 3.05) is 7.05 Å². The Morgan fingerprint density at radius 3 is 2.42 bits per heavy atom. The van der Waals surface area contributed by atoms with Crippen molar-refractivity contribution in [1.82, 2.24) is 15.8 Å². The van der Waals surface area contributed by atoms with Gasteiger partial charge in [0.2, 0.25) is 5.91 Å². The molecule has 2 aliphatic rings. The Kier molecular flexibility index (Phi) is 3.55. The molecular formula is C19H21N3O2. The molecule has 2 aliphatic heterocycles. The van der Waals surface area contributed by atoms with Crippen molar-refractivity contribution < 1.29 is 9.90 Å². The van der Waals surface area contributed by atoms with E-state index < -0.39 is 0 Å². The Morgan fingerprint density at radius 2 is 1.71 bits per heavy atom. The van der Waals surface area contributed by atoms with Crippen molar-refractivity contribution >= 4 is 5.91 Å². The minimum atomic E-state index is -0.256. The van der Waals surface area contributed by atoms with E-state index >= 15 is 0 Å². The fraction of sp³-hybridized carbons (Fsp3) is 0.316. The van der Waals surface area contributed by atoms with Gasteiger partial charge in [-0.05, 0) is 30.2 Å². The minimum absolute atomic E-state index is 0.0387. The molecule has 3 N–H and O–H groups in total. The molecule has 4 unspecified atom stereocenters. The second-order valence-electron chi connectivity index (χ2n) is 6.72. The lowest BCUT2D eigenvalue weighted by molar-refractivity contribution is -0.129. The average Bonchev–Trinajstić information content (AvgIpc) is 3.09. The van der Waals surface area contributed by atoms with Gasteiger partial charge in [0.25, 0.3) is 0 Å². The smallest absolute Gasteiger partial charge is 0.241 e. The summed E-state index contributed by atoms with van der Waals surface area (Å²) in [7, 11) is 1.84. The van der Waals surface area contributed by atoms with Crippen molar-refractivity contribution in [1.29, 1.82) is 0 Å². The number of benzene rings is 2. The molecule has 0 aliphatic carbocycles. The highest BCUT2D eigenvalue weighted by Gasteiger charge is 2.54. The van der Waals surface area contributed by atoms with Gasteiger partial charge in [-0.25, -0.2) is 10.9 Å². The zero-order chi connectivity index (χ0) is 16.8. The summed E-state index contributed by atoms with van der Waals surface area (Å²) >= 11 is 0. The van der Waals surface area contributed by atoms with E-state index in [0.29, 0.717) is 0 Å². The summed E-state index contributed by atoms with van der Waals surface area (Å²) in [5.41, 5.74) is 9.81. The Morgan fingerprint density at radius 1 is 1.00 bits per heavy atom. The summed E-state index contributed by atoms with van der Waals surface area (Å²) < 4.78 is 0. The standard InChI is InChI=1S/C19H21N3O2/c1-11-6-8-12(9-7-11)16-15-17(21-20-16)19(24)22(2)18(15)13-4-3-5-14(23)10-13/h3-10,15-18,20-21,23H,1-2H3. The molecule has 2 aromatic carbocycles. The maximum Gasteiger partial charge on any atom is 0.241 e. The molecule has 4 rings (SSSR count). The number of likely N-dealkylation sites (N-methyl/N-ethyl adjacent to an activating group) is 1. The molecule has 2 fully saturated rings. The highest BCUT2D eigenvalue weighted by atomic mass is 16.3. The van der Waals surface area contributed by atoms with E-state index in [0.717, 1.165) is 11.1 Å². The molecule has 124 valence electrons. The maximum absolute atomic E-state index is 12.6. The number of carbonyl (C=O) groups is 1. The van der Waals surface area contributed by atoms with Gasteiger partial charge in [0.15, 0.2) is 0 Å². The molecule has 5 heteroatoms. The third-order valence-electron chi connectivity index (χ3n) is 5.21. The number of amides is 1. The van der Waals surface area contributed by atoms with Crippen LogP contribution in [-0.4, -0.2) is 29.0 Å². The molecule has 0 spiro atoms. The lowest BCUT2D eigenvalue weighted by atomic mass is 9.83. The number of nitrogens with one attached hydrogen (secondary N) is 2. The number of rotatable bonds is 2. The van der Waals surface area contributed by atoms with Gasteiger partial charge in [-0.1, -0.05) is 42.0 Å². The largest absolute Gasteiger partial charge is 0.508 e. The normalized spacial score (nSPS) is 29.1. The first kappa shape index (κ1) is 15.2. The number of phenolic OH excluding ortho intramolecular Hbond substituents is 1. The van der Waals surface area contributed by atoms with Gasteiger partial charge in [-0.15, -0.1) is 0 Å². The molecule has 0 aromatic heterocycles. The molecule has 4 atom stereocenters. The Bertz CT molecular complexity index is 774. The highest BCUT2D eigenvalue weighted by molar-refractivity contribution is 5.86.